The lowest BCUT2D eigenvalue weighted by molar-refractivity contribution is 0.161. The van der Waals surface area contributed by atoms with Crippen LogP contribution in [0.1, 0.15) is 36.3 Å². The van der Waals surface area contributed by atoms with Gasteiger partial charge in [0.15, 0.2) is 0 Å². The summed E-state index contributed by atoms with van der Waals surface area (Å²) in [4.78, 5) is 7.26. The number of rotatable bonds is 7. The van der Waals surface area contributed by atoms with Crippen LogP contribution in [0.4, 0.5) is 0 Å². The zero-order chi connectivity index (χ0) is 19.4. The van der Waals surface area contributed by atoms with Crippen LogP contribution < -0.4 is 15.2 Å². The maximum Gasteiger partial charge on any atom is 0.230 e. The Bertz CT molecular complexity index is 770. The minimum absolute atomic E-state index is 0.598. The molecular weight excluding hydrogens is 342 g/mol. The van der Waals surface area contributed by atoms with Gasteiger partial charge in [0, 0.05) is 18.7 Å². The topological polar surface area (TPSA) is 73.8 Å². The zero-order valence-electron chi connectivity index (χ0n) is 16.9. The molecule has 1 aliphatic rings. The average molecular weight is 373 g/mol. The Kier molecular flexibility index (Phi) is 6.39. The molecule has 1 atom stereocenters. The number of aromatic nitrogens is 1. The number of nitrogens with zero attached hydrogens (tertiary/aromatic N) is 2. The van der Waals surface area contributed by atoms with Crippen molar-refractivity contribution in [3.8, 4) is 23.0 Å². The molecule has 2 N–H and O–H groups in total. The van der Waals surface area contributed by atoms with Crippen molar-refractivity contribution in [3.63, 3.8) is 0 Å². The molecule has 148 valence electrons. The summed E-state index contributed by atoms with van der Waals surface area (Å²) in [7, 11) is 3.32. The van der Waals surface area contributed by atoms with Crippen LogP contribution in [0.25, 0.3) is 11.5 Å². The molecule has 0 aliphatic carbocycles. The van der Waals surface area contributed by atoms with Crippen LogP contribution in [-0.2, 0) is 6.54 Å². The van der Waals surface area contributed by atoms with Crippen molar-refractivity contribution in [2.24, 2.45) is 11.7 Å². The molecule has 1 aromatic carbocycles. The Labute approximate surface area is 161 Å². The number of benzene rings is 1. The number of aryl methyl sites for hydroxylation is 1. The molecule has 0 spiro atoms. The highest BCUT2D eigenvalue weighted by Crippen LogP contribution is 2.38. The van der Waals surface area contributed by atoms with Crippen LogP contribution in [0.5, 0.6) is 11.5 Å². The number of likely N-dealkylation sites (tertiary alicyclic amines) is 1. The van der Waals surface area contributed by atoms with E-state index in [4.69, 9.17) is 24.6 Å². The predicted octanol–water partition coefficient (Wildman–Crippen LogP) is 3.54. The van der Waals surface area contributed by atoms with Crippen LogP contribution in [0.3, 0.4) is 0 Å². The van der Waals surface area contributed by atoms with Crippen LogP contribution in [0, 0.1) is 19.8 Å². The molecule has 1 saturated heterocycles. The largest absolute Gasteiger partial charge is 0.496 e. The number of oxazole rings is 1. The summed E-state index contributed by atoms with van der Waals surface area (Å²) < 4.78 is 17.0. The molecule has 3 rings (SSSR count). The first-order chi connectivity index (χ1) is 13.1. The number of hydrogen-bond acceptors (Lipinski definition) is 6. The van der Waals surface area contributed by atoms with Crippen molar-refractivity contribution in [1.29, 1.82) is 0 Å². The van der Waals surface area contributed by atoms with Gasteiger partial charge in [0.25, 0.3) is 0 Å². The van der Waals surface area contributed by atoms with E-state index in [2.05, 4.69) is 4.90 Å². The maximum absolute atomic E-state index is 6.01. The lowest BCUT2D eigenvalue weighted by atomic mass is 9.95. The summed E-state index contributed by atoms with van der Waals surface area (Å²) in [5, 5.41) is 0. The Balaban J connectivity index is 1.82. The first-order valence-electron chi connectivity index (χ1n) is 9.68. The fourth-order valence-corrected chi connectivity index (χ4v) is 3.99. The molecule has 0 radical (unpaired) electrons. The van der Waals surface area contributed by atoms with Gasteiger partial charge in [0.05, 0.1) is 25.5 Å². The van der Waals surface area contributed by atoms with E-state index in [1.54, 1.807) is 14.2 Å². The number of nitrogens with two attached hydrogens (primary N) is 1. The van der Waals surface area contributed by atoms with Gasteiger partial charge in [0.1, 0.15) is 17.3 Å². The van der Waals surface area contributed by atoms with Crippen LogP contribution >= 0.6 is 0 Å². The van der Waals surface area contributed by atoms with E-state index in [-0.39, 0.29) is 0 Å². The van der Waals surface area contributed by atoms with E-state index < -0.39 is 0 Å². The fourth-order valence-electron chi connectivity index (χ4n) is 3.99. The highest BCUT2D eigenvalue weighted by molar-refractivity contribution is 5.68. The van der Waals surface area contributed by atoms with Gasteiger partial charge in [-0.05, 0) is 64.3 Å². The quantitative estimate of drug-likeness (QED) is 0.800. The summed E-state index contributed by atoms with van der Waals surface area (Å²) in [6.45, 7) is 7.73. The maximum atomic E-state index is 6.01. The van der Waals surface area contributed by atoms with Gasteiger partial charge in [-0.3, -0.25) is 4.90 Å². The molecule has 1 aromatic heterocycles. The van der Waals surface area contributed by atoms with Crippen molar-refractivity contribution in [3.05, 3.63) is 29.2 Å². The van der Waals surface area contributed by atoms with Crippen molar-refractivity contribution < 1.29 is 13.9 Å². The molecule has 6 nitrogen and oxygen atoms in total. The number of piperidine rings is 1. The summed E-state index contributed by atoms with van der Waals surface area (Å²) in [6, 6.07) is 3.87. The second kappa shape index (κ2) is 8.76. The second-order valence-corrected chi connectivity index (χ2v) is 7.32. The van der Waals surface area contributed by atoms with E-state index in [0.717, 1.165) is 66.7 Å². The molecule has 1 aliphatic heterocycles. The monoisotopic (exact) mass is 373 g/mol. The molecular formula is C21H31N3O3. The van der Waals surface area contributed by atoms with E-state index in [1.807, 2.05) is 26.0 Å². The van der Waals surface area contributed by atoms with Crippen molar-refractivity contribution >= 4 is 0 Å². The van der Waals surface area contributed by atoms with Gasteiger partial charge in [-0.2, -0.15) is 0 Å². The van der Waals surface area contributed by atoms with E-state index in [0.29, 0.717) is 11.8 Å². The normalized spacial score (nSPS) is 17.9. The number of methoxy groups -OCH3 is 2. The lowest BCUT2D eigenvalue weighted by Gasteiger charge is -2.32. The van der Waals surface area contributed by atoms with Crippen molar-refractivity contribution in [1.82, 2.24) is 9.88 Å². The third kappa shape index (κ3) is 4.28. The minimum atomic E-state index is 0.598. The van der Waals surface area contributed by atoms with Crippen LogP contribution in [0.2, 0.25) is 0 Å². The third-order valence-corrected chi connectivity index (χ3v) is 5.45. The summed E-state index contributed by atoms with van der Waals surface area (Å²) in [5.74, 6) is 3.68. The predicted molar refractivity (Wildman–Crippen MR) is 106 cm³/mol. The third-order valence-electron chi connectivity index (χ3n) is 5.45. The van der Waals surface area contributed by atoms with Gasteiger partial charge in [-0.15, -0.1) is 0 Å². The molecule has 0 bridgehead atoms. The molecule has 0 amide bonds. The van der Waals surface area contributed by atoms with Crippen LogP contribution in [-0.4, -0.2) is 43.7 Å². The zero-order valence-corrected chi connectivity index (χ0v) is 16.9. The first-order valence-corrected chi connectivity index (χ1v) is 9.68. The van der Waals surface area contributed by atoms with Crippen molar-refractivity contribution in [2.75, 3.05) is 33.9 Å². The fraction of sp³-hybridized carbons (Fsp3) is 0.571. The molecule has 1 fully saturated rings. The van der Waals surface area contributed by atoms with E-state index in [1.165, 1.54) is 12.8 Å². The van der Waals surface area contributed by atoms with Crippen molar-refractivity contribution in [2.45, 2.75) is 39.7 Å². The molecule has 1 unspecified atom stereocenters. The van der Waals surface area contributed by atoms with Gasteiger partial charge in [-0.25, -0.2) is 4.98 Å². The van der Waals surface area contributed by atoms with Crippen LogP contribution in [0.15, 0.2) is 16.5 Å². The van der Waals surface area contributed by atoms with Gasteiger partial charge in [0.2, 0.25) is 5.89 Å². The Morgan fingerprint density at radius 2 is 2.07 bits per heavy atom. The van der Waals surface area contributed by atoms with E-state index in [9.17, 15) is 0 Å². The second-order valence-electron chi connectivity index (χ2n) is 7.32. The molecule has 2 heterocycles. The average Bonchev–Trinajstić information content (AvgIpc) is 3.02. The molecule has 0 saturated carbocycles. The molecule has 27 heavy (non-hydrogen) atoms. The molecule has 2 aromatic rings. The highest BCUT2D eigenvalue weighted by atomic mass is 16.5. The summed E-state index contributed by atoms with van der Waals surface area (Å²) >= 11 is 0. The minimum Gasteiger partial charge on any atom is -0.496 e. The Hall–Kier alpha value is -2.05. The summed E-state index contributed by atoms with van der Waals surface area (Å²) in [6.07, 6.45) is 3.60. The Morgan fingerprint density at radius 3 is 2.78 bits per heavy atom. The molecule has 6 heteroatoms. The van der Waals surface area contributed by atoms with Gasteiger partial charge in [-0.1, -0.05) is 0 Å². The number of ether oxygens (including phenoxy) is 2. The first kappa shape index (κ1) is 19.7. The SMILES string of the molecule is COc1ccc(-c2nc(CN3CCCC(CCN)C3)c(C)o2)c(OC)c1C. The Morgan fingerprint density at radius 1 is 1.26 bits per heavy atom. The summed E-state index contributed by atoms with van der Waals surface area (Å²) in [5.41, 5.74) is 8.53. The van der Waals surface area contributed by atoms with Gasteiger partial charge >= 0.3 is 0 Å². The van der Waals surface area contributed by atoms with E-state index >= 15 is 0 Å². The lowest BCUT2D eigenvalue weighted by Crippen LogP contribution is -2.35. The number of hydrogen-bond donors (Lipinski definition) is 1. The van der Waals surface area contributed by atoms with Gasteiger partial charge < -0.3 is 19.6 Å². The highest BCUT2D eigenvalue weighted by Gasteiger charge is 2.23. The standard InChI is InChI=1S/C21H31N3O3/c1-14-19(25-3)8-7-17(20(14)26-4)21-23-18(15(2)27-21)13-24-11-5-6-16(12-24)9-10-22/h7-8,16H,5-6,9-13,22H2,1-4H3. The smallest absolute Gasteiger partial charge is 0.230 e.